The number of nitrogens with one attached hydrogen (secondary N) is 1. The number of sulfonamides is 1. The van der Waals surface area contributed by atoms with Gasteiger partial charge in [-0.2, -0.15) is 0 Å². The fourth-order valence-corrected chi connectivity index (χ4v) is 5.27. The number of rotatable bonds is 7. The molecule has 1 N–H and O–H groups in total. The normalized spacial score (nSPS) is 27.4. The molecule has 1 aromatic rings. The maximum absolute atomic E-state index is 11.9. The summed E-state index contributed by atoms with van der Waals surface area (Å²) in [7, 11) is -3.06. The second-order valence-electron chi connectivity index (χ2n) is 7.10. The molecule has 23 heavy (non-hydrogen) atoms. The Morgan fingerprint density at radius 3 is 2.83 bits per heavy atom. The summed E-state index contributed by atoms with van der Waals surface area (Å²) in [5, 5.41) is -0.134. The van der Waals surface area contributed by atoms with Crippen molar-refractivity contribution in [3.05, 3.63) is 24.2 Å². The Hall–Kier alpha value is -0.890. The first kappa shape index (κ1) is 15.6. The molecule has 3 heterocycles. The second kappa shape index (κ2) is 5.88. The van der Waals surface area contributed by atoms with Crippen molar-refractivity contribution < 1.29 is 17.6 Å². The van der Waals surface area contributed by atoms with Crippen molar-refractivity contribution in [1.29, 1.82) is 0 Å². The van der Waals surface area contributed by atoms with Crippen LogP contribution in [-0.2, 0) is 21.3 Å². The smallest absolute Gasteiger partial charge is 0.214 e. The summed E-state index contributed by atoms with van der Waals surface area (Å²) in [5.41, 5.74) is 1.13. The van der Waals surface area contributed by atoms with E-state index in [1.165, 1.54) is 5.56 Å². The predicted molar refractivity (Wildman–Crippen MR) is 85.3 cm³/mol. The molecule has 0 aromatic carbocycles. The van der Waals surface area contributed by atoms with Crippen molar-refractivity contribution in [2.24, 2.45) is 5.92 Å². The quantitative estimate of drug-likeness (QED) is 0.811. The fraction of sp³-hybridized carbons (Fsp3) is 0.750. The molecule has 3 fully saturated rings. The highest BCUT2D eigenvalue weighted by Gasteiger charge is 2.52. The largest absolute Gasteiger partial charge is 0.472 e. The lowest BCUT2D eigenvalue weighted by molar-refractivity contribution is -0.136. The molecule has 4 rings (SSSR count). The third-order valence-corrected chi connectivity index (χ3v) is 7.28. The van der Waals surface area contributed by atoms with E-state index in [-0.39, 0.29) is 10.9 Å². The van der Waals surface area contributed by atoms with E-state index in [4.69, 9.17) is 9.15 Å². The van der Waals surface area contributed by atoms with Crippen molar-refractivity contribution in [3.63, 3.8) is 0 Å². The van der Waals surface area contributed by atoms with Gasteiger partial charge in [0.2, 0.25) is 10.0 Å². The fourth-order valence-electron chi connectivity index (χ4n) is 3.88. The van der Waals surface area contributed by atoms with Crippen LogP contribution < -0.4 is 4.72 Å². The Bertz CT molecular complexity index is 633. The number of hydrogen-bond donors (Lipinski definition) is 1. The SMILES string of the molecule is O=S(=O)(NCC[C@@H]1CCOC12CN(Cc1ccoc1)C2)C1CC1. The van der Waals surface area contributed by atoms with Crippen LogP contribution >= 0.6 is 0 Å². The van der Waals surface area contributed by atoms with Crippen LogP contribution in [0.1, 0.15) is 31.2 Å². The number of hydrogen-bond acceptors (Lipinski definition) is 5. The van der Waals surface area contributed by atoms with Gasteiger partial charge in [-0.05, 0) is 37.7 Å². The molecule has 1 saturated carbocycles. The van der Waals surface area contributed by atoms with E-state index in [9.17, 15) is 8.42 Å². The van der Waals surface area contributed by atoms with Crippen LogP contribution in [0.5, 0.6) is 0 Å². The Morgan fingerprint density at radius 1 is 1.30 bits per heavy atom. The van der Waals surface area contributed by atoms with E-state index in [1.807, 2.05) is 6.07 Å². The third-order valence-electron chi connectivity index (χ3n) is 5.33. The highest BCUT2D eigenvalue weighted by atomic mass is 32.2. The van der Waals surface area contributed by atoms with E-state index >= 15 is 0 Å². The maximum atomic E-state index is 11.9. The Kier molecular flexibility index (Phi) is 3.99. The van der Waals surface area contributed by atoms with Gasteiger partial charge in [0.15, 0.2) is 0 Å². The maximum Gasteiger partial charge on any atom is 0.214 e. The standard InChI is InChI=1S/C16H24N2O4S/c19-23(20,15-1-2-15)17-6-3-14-5-8-22-16(14)11-18(12-16)9-13-4-7-21-10-13/h4,7,10,14-15,17H,1-3,5-6,8-9,11-12H2/t14-/m1/s1. The van der Waals surface area contributed by atoms with Crippen molar-refractivity contribution in [3.8, 4) is 0 Å². The summed E-state index contributed by atoms with van der Waals surface area (Å²) in [6.45, 7) is 4.08. The lowest BCUT2D eigenvalue weighted by Gasteiger charge is -2.50. The van der Waals surface area contributed by atoms with Gasteiger partial charge in [-0.25, -0.2) is 13.1 Å². The number of likely N-dealkylation sites (tertiary alicyclic amines) is 1. The summed E-state index contributed by atoms with van der Waals surface area (Å²) < 4.78 is 37.7. The average molecular weight is 340 g/mol. The van der Waals surface area contributed by atoms with Gasteiger partial charge in [0.25, 0.3) is 0 Å². The second-order valence-corrected chi connectivity index (χ2v) is 9.15. The lowest BCUT2D eigenvalue weighted by atomic mass is 9.79. The Morgan fingerprint density at radius 2 is 2.13 bits per heavy atom. The number of furan rings is 1. The zero-order valence-corrected chi connectivity index (χ0v) is 14.1. The van der Waals surface area contributed by atoms with E-state index in [1.54, 1.807) is 12.5 Å². The van der Waals surface area contributed by atoms with E-state index in [2.05, 4.69) is 9.62 Å². The number of nitrogens with zero attached hydrogens (tertiary/aromatic N) is 1. The van der Waals surface area contributed by atoms with Gasteiger partial charge in [-0.1, -0.05) is 0 Å². The molecule has 1 aliphatic carbocycles. The minimum absolute atomic E-state index is 0.0608. The minimum Gasteiger partial charge on any atom is -0.472 e. The van der Waals surface area contributed by atoms with Crippen molar-refractivity contribution in [2.75, 3.05) is 26.2 Å². The van der Waals surface area contributed by atoms with Gasteiger partial charge in [0.1, 0.15) is 0 Å². The van der Waals surface area contributed by atoms with E-state index in [0.29, 0.717) is 12.5 Å². The first-order chi connectivity index (χ1) is 11.1. The summed E-state index contributed by atoms with van der Waals surface area (Å²) >= 11 is 0. The van der Waals surface area contributed by atoms with Gasteiger partial charge >= 0.3 is 0 Å². The molecule has 2 saturated heterocycles. The molecule has 0 radical (unpaired) electrons. The molecular weight excluding hydrogens is 316 g/mol. The Balaban J connectivity index is 1.26. The number of ether oxygens (including phenoxy) is 1. The molecule has 1 atom stereocenters. The minimum atomic E-state index is -3.06. The molecule has 0 amide bonds. The van der Waals surface area contributed by atoms with Crippen LogP contribution in [0.15, 0.2) is 23.0 Å². The van der Waals surface area contributed by atoms with E-state index in [0.717, 1.165) is 51.9 Å². The molecular formula is C16H24N2O4S. The van der Waals surface area contributed by atoms with Crippen LogP contribution in [0.2, 0.25) is 0 Å². The zero-order valence-electron chi connectivity index (χ0n) is 13.2. The summed E-state index contributed by atoms with van der Waals surface area (Å²) in [5.74, 6) is 0.449. The van der Waals surface area contributed by atoms with Crippen molar-refractivity contribution in [1.82, 2.24) is 9.62 Å². The Labute approximate surface area is 137 Å². The van der Waals surface area contributed by atoms with E-state index < -0.39 is 10.0 Å². The lowest BCUT2D eigenvalue weighted by Crippen LogP contribution is -2.64. The summed E-state index contributed by atoms with van der Waals surface area (Å²) in [4.78, 5) is 2.36. The van der Waals surface area contributed by atoms with Crippen molar-refractivity contribution >= 4 is 10.0 Å². The van der Waals surface area contributed by atoms with Gasteiger partial charge in [0.05, 0.1) is 23.4 Å². The average Bonchev–Trinajstić information content (AvgIpc) is 3.08. The molecule has 2 aliphatic heterocycles. The van der Waals surface area contributed by atoms with Crippen LogP contribution in [0.3, 0.4) is 0 Å². The van der Waals surface area contributed by atoms with Gasteiger partial charge in [0, 0.05) is 38.3 Å². The topological polar surface area (TPSA) is 71.8 Å². The summed E-state index contributed by atoms with van der Waals surface area (Å²) in [6.07, 6.45) is 7.01. The van der Waals surface area contributed by atoms with Crippen LogP contribution in [-0.4, -0.2) is 50.4 Å². The third kappa shape index (κ3) is 3.20. The van der Waals surface area contributed by atoms with Crippen molar-refractivity contribution in [2.45, 2.75) is 43.1 Å². The molecule has 128 valence electrons. The van der Waals surface area contributed by atoms with Gasteiger partial charge in [-0.3, -0.25) is 4.90 Å². The van der Waals surface area contributed by atoms with Crippen LogP contribution in [0, 0.1) is 5.92 Å². The highest BCUT2D eigenvalue weighted by molar-refractivity contribution is 7.90. The molecule has 1 spiro atoms. The highest BCUT2D eigenvalue weighted by Crippen LogP contribution is 2.42. The molecule has 1 aromatic heterocycles. The zero-order chi connectivity index (χ0) is 15.9. The molecule has 3 aliphatic rings. The molecule has 7 heteroatoms. The van der Waals surface area contributed by atoms with Crippen LogP contribution in [0.25, 0.3) is 0 Å². The first-order valence-electron chi connectivity index (χ1n) is 8.43. The molecule has 0 bridgehead atoms. The molecule has 0 unspecified atom stereocenters. The molecule has 6 nitrogen and oxygen atoms in total. The first-order valence-corrected chi connectivity index (χ1v) is 9.98. The predicted octanol–water partition coefficient (Wildman–Crippen LogP) is 1.34. The summed E-state index contributed by atoms with van der Waals surface area (Å²) in [6, 6.07) is 1.99. The van der Waals surface area contributed by atoms with Crippen LogP contribution in [0.4, 0.5) is 0 Å². The monoisotopic (exact) mass is 340 g/mol. The van der Waals surface area contributed by atoms with Gasteiger partial charge in [-0.15, -0.1) is 0 Å². The van der Waals surface area contributed by atoms with Gasteiger partial charge < -0.3 is 9.15 Å².